The van der Waals surface area contributed by atoms with E-state index >= 15 is 0 Å². The predicted molar refractivity (Wildman–Crippen MR) is 289 cm³/mol. The van der Waals surface area contributed by atoms with Crippen molar-refractivity contribution < 1.29 is 52.2 Å². The van der Waals surface area contributed by atoms with Gasteiger partial charge in [0.1, 0.15) is 12.7 Å². The van der Waals surface area contributed by atoms with E-state index in [1.165, 1.54) is 167 Å². The maximum Gasteiger partial charge on any atom is 0.472 e. The standard InChI is InChI=1S/C58H111O11P/c1-4-7-10-13-16-19-21-23-25-26-27-28-30-32-34-37-40-43-46-49-58(62)69-55(51-65-56(60)47-44-41-38-35-18-15-12-9-6-3)53-67-70(63,64)66-52-54(50-59)68-57(61)48-45-42-39-36-33-31-29-24-22-20-17-14-11-8-5-2/h24,29,54-55,59H,4-23,25-28,30-53H2,1-3H3,(H,63,64)/b29-24-. The zero-order chi connectivity index (χ0) is 51.3. The van der Waals surface area contributed by atoms with E-state index in [0.29, 0.717) is 19.3 Å². The summed E-state index contributed by atoms with van der Waals surface area (Å²) in [6.45, 7) is 4.67. The van der Waals surface area contributed by atoms with Crippen molar-refractivity contribution in [3.05, 3.63) is 12.2 Å². The predicted octanol–water partition coefficient (Wildman–Crippen LogP) is 17.3. The number of phosphoric acid groups is 1. The monoisotopic (exact) mass is 1010 g/mol. The zero-order valence-electron chi connectivity index (χ0n) is 45.8. The second-order valence-electron chi connectivity index (χ2n) is 20.2. The second kappa shape index (κ2) is 53.5. The van der Waals surface area contributed by atoms with Crippen molar-refractivity contribution in [3.8, 4) is 0 Å². The van der Waals surface area contributed by atoms with Crippen LogP contribution < -0.4 is 0 Å². The zero-order valence-corrected chi connectivity index (χ0v) is 46.7. The van der Waals surface area contributed by atoms with Gasteiger partial charge in [0.15, 0.2) is 6.10 Å². The number of ether oxygens (including phenoxy) is 3. The number of carbonyl (C=O) groups excluding carboxylic acids is 3. The summed E-state index contributed by atoms with van der Waals surface area (Å²) in [5.41, 5.74) is 0. The fraction of sp³-hybridized carbons (Fsp3) is 0.914. The summed E-state index contributed by atoms with van der Waals surface area (Å²) < 4.78 is 39.5. The molecular formula is C58H111O11P. The van der Waals surface area contributed by atoms with Crippen molar-refractivity contribution in [1.82, 2.24) is 0 Å². The van der Waals surface area contributed by atoms with Gasteiger partial charge in [-0.05, 0) is 44.9 Å². The third kappa shape index (κ3) is 51.1. The highest BCUT2D eigenvalue weighted by molar-refractivity contribution is 7.47. The Labute approximate surface area is 430 Å². The number of aliphatic hydroxyl groups excluding tert-OH is 1. The molecule has 3 unspecified atom stereocenters. The highest BCUT2D eigenvalue weighted by atomic mass is 31.2. The Balaban J connectivity index is 4.58. The molecule has 0 bridgehead atoms. The van der Waals surface area contributed by atoms with Gasteiger partial charge in [0.05, 0.1) is 19.8 Å². The van der Waals surface area contributed by atoms with E-state index in [0.717, 1.165) is 77.0 Å². The van der Waals surface area contributed by atoms with Crippen molar-refractivity contribution in [1.29, 1.82) is 0 Å². The van der Waals surface area contributed by atoms with Gasteiger partial charge in [-0.25, -0.2) is 4.57 Å². The molecule has 12 heteroatoms. The van der Waals surface area contributed by atoms with Gasteiger partial charge in [0.25, 0.3) is 0 Å². The number of esters is 3. The summed E-state index contributed by atoms with van der Waals surface area (Å²) in [6, 6.07) is 0. The van der Waals surface area contributed by atoms with Crippen LogP contribution in [0.15, 0.2) is 12.2 Å². The molecule has 0 saturated heterocycles. The average molecular weight is 1020 g/mol. The molecule has 0 aliphatic heterocycles. The van der Waals surface area contributed by atoms with Crippen molar-refractivity contribution in [3.63, 3.8) is 0 Å². The molecule has 414 valence electrons. The summed E-state index contributed by atoms with van der Waals surface area (Å²) in [5.74, 6) is -1.45. The minimum Gasteiger partial charge on any atom is -0.462 e. The van der Waals surface area contributed by atoms with Crippen LogP contribution in [0.4, 0.5) is 0 Å². The molecule has 3 atom stereocenters. The Morgan fingerprint density at radius 2 is 0.657 bits per heavy atom. The van der Waals surface area contributed by atoms with Crippen molar-refractivity contribution in [2.45, 2.75) is 315 Å². The molecular weight excluding hydrogens is 904 g/mol. The molecule has 0 aliphatic carbocycles. The normalized spacial score (nSPS) is 13.4. The summed E-state index contributed by atoms with van der Waals surface area (Å²) in [7, 11) is -4.74. The molecule has 11 nitrogen and oxygen atoms in total. The van der Waals surface area contributed by atoms with Gasteiger partial charge >= 0.3 is 25.7 Å². The first-order chi connectivity index (χ1) is 34.2. The topological polar surface area (TPSA) is 155 Å². The van der Waals surface area contributed by atoms with Gasteiger partial charge in [-0.2, -0.15) is 0 Å². The first-order valence-corrected chi connectivity index (χ1v) is 31.1. The van der Waals surface area contributed by atoms with Gasteiger partial charge in [0, 0.05) is 19.3 Å². The first kappa shape index (κ1) is 68.2. The molecule has 0 amide bonds. The lowest BCUT2D eigenvalue weighted by Gasteiger charge is -2.21. The smallest absolute Gasteiger partial charge is 0.462 e. The number of hydrogen-bond donors (Lipinski definition) is 2. The molecule has 0 saturated carbocycles. The summed E-state index contributed by atoms with van der Waals surface area (Å²) in [6.07, 6.45) is 51.8. The van der Waals surface area contributed by atoms with Crippen molar-refractivity contribution in [2.75, 3.05) is 26.4 Å². The highest BCUT2D eigenvalue weighted by Crippen LogP contribution is 2.43. The minimum absolute atomic E-state index is 0.173. The second-order valence-corrected chi connectivity index (χ2v) is 21.6. The Hall–Kier alpha value is -1.78. The van der Waals surface area contributed by atoms with Crippen LogP contribution >= 0.6 is 7.82 Å². The number of phosphoric ester groups is 1. The highest BCUT2D eigenvalue weighted by Gasteiger charge is 2.28. The summed E-state index contributed by atoms with van der Waals surface area (Å²) >= 11 is 0. The fourth-order valence-corrected chi connectivity index (χ4v) is 9.43. The van der Waals surface area contributed by atoms with Crippen LogP contribution in [0.2, 0.25) is 0 Å². The van der Waals surface area contributed by atoms with Crippen LogP contribution in [0.25, 0.3) is 0 Å². The molecule has 0 aromatic heterocycles. The minimum atomic E-state index is -4.74. The maximum absolute atomic E-state index is 12.9. The average Bonchev–Trinajstić information content (AvgIpc) is 3.35. The van der Waals surface area contributed by atoms with Gasteiger partial charge in [0.2, 0.25) is 0 Å². The van der Waals surface area contributed by atoms with Crippen LogP contribution in [-0.2, 0) is 42.2 Å². The van der Waals surface area contributed by atoms with Crippen LogP contribution in [-0.4, -0.2) is 66.5 Å². The lowest BCUT2D eigenvalue weighted by molar-refractivity contribution is -0.161. The number of aliphatic hydroxyl groups is 1. The quantitative estimate of drug-likeness (QED) is 0.0197. The number of carbonyl (C=O) groups is 3. The molecule has 0 heterocycles. The Morgan fingerprint density at radius 1 is 0.386 bits per heavy atom. The molecule has 0 aromatic carbocycles. The Morgan fingerprint density at radius 3 is 0.986 bits per heavy atom. The van der Waals surface area contributed by atoms with E-state index in [-0.39, 0.29) is 25.9 Å². The van der Waals surface area contributed by atoms with Crippen molar-refractivity contribution in [2.24, 2.45) is 0 Å². The molecule has 0 fully saturated rings. The van der Waals surface area contributed by atoms with Crippen LogP contribution in [0, 0.1) is 0 Å². The molecule has 70 heavy (non-hydrogen) atoms. The first-order valence-electron chi connectivity index (χ1n) is 29.6. The molecule has 0 spiro atoms. The SMILES string of the molecule is CCCCCCCC/C=C\CCCCCCCC(=O)OC(CO)COP(=O)(O)OCC(COC(=O)CCCCCCCCCCC)OC(=O)CCCCCCCCCCCCCCCCCCCCC. The van der Waals surface area contributed by atoms with Crippen molar-refractivity contribution >= 4 is 25.7 Å². The number of unbranched alkanes of at least 4 members (excludes halogenated alkanes) is 37. The molecule has 2 N–H and O–H groups in total. The van der Waals surface area contributed by atoms with Crippen LogP contribution in [0.5, 0.6) is 0 Å². The Kier molecular flexibility index (Phi) is 52.1. The van der Waals surface area contributed by atoms with Gasteiger partial charge < -0.3 is 24.2 Å². The summed E-state index contributed by atoms with van der Waals surface area (Å²) in [5, 5.41) is 9.80. The van der Waals surface area contributed by atoms with Gasteiger partial charge in [-0.1, -0.05) is 251 Å². The van der Waals surface area contributed by atoms with Crippen LogP contribution in [0.1, 0.15) is 303 Å². The third-order valence-corrected chi connectivity index (χ3v) is 14.1. The van der Waals surface area contributed by atoms with E-state index in [2.05, 4.69) is 32.9 Å². The number of hydrogen-bond acceptors (Lipinski definition) is 10. The molecule has 0 rings (SSSR count). The summed E-state index contributed by atoms with van der Waals surface area (Å²) in [4.78, 5) is 48.4. The Bertz CT molecular complexity index is 1230. The van der Waals surface area contributed by atoms with Crippen LogP contribution in [0.3, 0.4) is 0 Å². The molecule has 0 aliphatic rings. The number of allylic oxidation sites excluding steroid dienone is 2. The van der Waals surface area contributed by atoms with E-state index in [1.54, 1.807) is 0 Å². The van der Waals surface area contributed by atoms with Gasteiger partial charge in [-0.3, -0.25) is 23.4 Å². The van der Waals surface area contributed by atoms with E-state index < -0.39 is 57.8 Å². The number of rotatable bonds is 56. The largest absolute Gasteiger partial charge is 0.472 e. The fourth-order valence-electron chi connectivity index (χ4n) is 8.65. The maximum atomic E-state index is 12.9. The molecule has 0 radical (unpaired) electrons. The van der Waals surface area contributed by atoms with Gasteiger partial charge in [-0.15, -0.1) is 0 Å². The molecule has 0 aromatic rings. The third-order valence-electron chi connectivity index (χ3n) is 13.2. The van der Waals surface area contributed by atoms with E-state index in [1.807, 2.05) is 0 Å². The lowest BCUT2D eigenvalue weighted by Crippen LogP contribution is -2.30. The van der Waals surface area contributed by atoms with E-state index in [4.69, 9.17) is 23.3 Å². The van der Waals surface area contributed by atoms with E-state index in [9.17, 15) is 28.9 Å². The lowest BCUT2D eigenvalue weighted by atomic mass is 10.0.